The Kier molecular flexibility index (Phi) is 4.32. The SMILES string of the molecule is O=C(CCn1cccn1)N1CCN(c2ncccc2F)CC1. The van der Waals surface area contributed by atoms with Crippen molar-refractivity contribution in [3.8, 4) is 0 Å². The number of anilines is 1. The first-order valence-electron chi connectivity index (χ1n) is 7.35. The zero-order chi connectivity index (χ0) is 15.4. The number of rotatable bonds is 4. The van der Waals surface area contributed by atoms with Gasteiger partial charge < -0.3 is 9.80 Å². The van der Waals surface area contributed by atoms with Crippen LogP contribution < -0.4 is 4.90 Å². The first-order valence-corrected chi connectivity index (χ1v) is 7.35. The fraction of sp³-hybridized carbons (Fsp3) is 0.400. The van der Waals surface area contributed by atoms with Crippen LogP contribution in [0, 0.1) is 5.82 Å². The molecule has 1 amide bonds. The van der Waals surface area contributed by atoms with Gasteiger partial charge in [-0.3, -0.25) is 9.48 Å². The summed E-state index contributed by atoms with van der Waals surface area (Å²) in [5.41, 5.74) is 0. The lowest BCUT2D eigenvalue weighted by Crippen LogP contribution is -2.49. The molecule has 22 heavy (non-hydrogen) atoms. The number of piperazine rings is 1. The number of aromatic nitrogens is 3. The maximum atomic E-state index is 13.7. The smallest absolute Gasteiger partial charge is 0.224 e. The van der Waals surface area contributed by atoms with E-state index in [1.807, 2.05) is 22.1 Å². The summed E-state index contributed by atoms with van der Waals surface area (Å²) in [4.78, 5) is 20.0. The molecule has 1 saturated heterocycles. The van der Waals surface area contributed by atoms with Crippen molar-refractivity contribution in [3.63, 3.8) is 0 Å². The normalized spacial score (nSPS) is 15.1. The average molecular weight is 303 g/mol. The van der Waals surface area contributed by atoms with Gasteiger partial charge in [0.1, 0.15) is 0 Å². The third-order valence-corrected chi connectivity index (χ3v) is 3.78. The van der Waals surface area contributed by atoms with Crippen molar-refractivity contribution >= 4 is 11.7 Å². The highest BCUT2D eigenvalue weighted by molar-refractivity contribution is 5.76. The van der Waals surface area contributed by atoms with Gasteiger partial charge in [-0.25, -0.2) is 9.37 Å². The minimum Gasteiger partial charge on any atom is -0.351 e. The molecule has 0 unspecified atom stereocenters. The molecule has 1 aliphatic rings. The van der Waals surface area contributed by atoms with Gasteiger partial charge in [0.05, 0.1) is 0 Å². The zero-order valence-corrected chi connectivity index (χ0v) is 12.2. The Bertz CT molecular complexity index is 623. The quantitative estimate of drug-likeness (QED) is 0.850. The first-order chi connectivity index (χ1) is 10.7. The van der Waals surface area contributed by atoms with E-state index >= 15 is 0 Å². The van der Waals surface area contributed by atoms with Gasteiger partial charge in [-0.1, -0.05) is 0 Å². The third-order valence-electron chi connectivity index (χ3n) is 3.78. The van der Waals surface area contributed by atoms with Crippen LogP contribution in [0.1, 0.15) is 6.42 Å². The Labute approximate surface area is 128 Å². The monoisotopic (exact) mass is 303 g/mol. The average Bonchev–Trinajstić information content (AvgIpc) is 3.07. The second-order valence-corrected chi connectivity index (χ2v) is 5.20. The van der Waals surface area contributed by atoms with Crippen LogP contribution in [0.4, 0.5) is 10.2 Å². The summed E-state index contributed by atoms with van der Waals surface area (Å²) in [6, 6.07) is 4.82. The lowest BCUT2D eigenvalue weighted by atomic mass is 10.2. The molecule has 0 atom stereocenters. The van der Waals surface area contributed by atoms with Gasteiger partial charge in [-0.15, -0.1) is 0 Å². The van der Waals surface area contributed by atoms with Crippen LogP contribution in [-0.2, 0) is 11.3 Å². The molecule has 0 spiro atoms. The molecule has 0 aliphatic carbocycles. The third kappa shape index (κ3) is 3.24. The molecule has 2 aromatic heterocycles. The summed E-state index contributed by atoms with van der Waals surface area (Å²) in [7, 11) is 0. The predicted molar refractivity (Wildman–Crippen MR) is 79.8 cm³/mol. The summed E-state index contributed by atoms with van der Waals surface area (Å²) >= 11 is 0. The molecule has 2 aromatic rings. The molecule has 3 heterocycles. The van der Waals surface area contributed by atoms with E-state index in [-0.39, 0.29) is 11.7 Å². The fourth-order valence-corrected chi connectivity index (χ4v) is 2.58. The lowest BCUT2D eigenvalue weighted by molar-refractivity contribution is -0.131. The Morgan fingerprint density at radius 3 is 2.68 bits per heavy atom. The molecule has 0 bridgehead atoms. The number of nitrogens with zero attached hydrogens (tertiary/aromatic N) is 5. The van der Waals surface area contributed by atoms with Gasteiger partial charge in [0, 0.05) is 57.7 Å². The van der Waals surface area contributed by atoms with Crippen molar-refractivity contribution in [2.45, 2.75) is 13.0 Å². The number of aryl methyl sites for hydroxylation is 1. The van der Waals surface area contributed by atoms with Crippen LogP contribution >= 0.6 is 0 Å². The lowest BCUT2D eigenvalue weighted by Gasteiger charge is -2.35. The number of hydrogen-bond donors (Lipinski definition) is 0. The maximum absolute atomic E-state index is 13.7. The highest BCUT2D eigenvalue weighted by Gasteiger charge is 2.23. The second-order valence-electron chi connectivity index (χ2n) is 5.20. The van der Waals surface area contributed by atoms with E-state index < -0.39 is 0 Å². The molecule has 0 aromatic carbocycles. The molecule has 0 saturated carbocycles. The Morgan fingerprint density at radius 2 is 2.00 bits per heavy atom. The van der Waals surface area contributed by atoms with Crippen LogP contribution in [0.3, 0.4) is 0 Å². The summed E-state index contributed by atoms with van der Waals surface area (Å²) in [6.07, 6.45) is 5.55. The summed E-state index contributed by atoms with van der Waals surface area (Å²) in [5, 5.41) is 4.08. The van der Waals surface area contributed by atoms with Gasteiger partial charge in [0.2, 0.25) is 5.91 Å². The number of hydrogen-bond acceptors (Lipinski definition) is 4. The second kappa shape index (κ2) is 6.55. The largest absolute Gasteiger partial charge is 0.351 e. The molecular weight excluding hydrogens is 285 g/mol. The van der Waals surface area contributed by atoms with Gasteiger partial charge in [0.15, 0.2) is 11.6 Å². The van der Waals surface area contributed by atoms with E-state index in [2.05, 4.69) is 10.1 Å². The first kappa shape index (κ1) is 14.5. The minimum atomic E-state index is -0.319. The standard InChI is InChI=1S/C15H18FN5O/c16-13-3-1-5-17-15(13)20-11-9-19(10-12-20)14(22)4-8-21-7-2-6-18-21/h1-3,5-7H,4,8-12H2. The molecule has 1 fully saturated rings. The van der Waals surface area contributed by atoms with E-state index in [0.717, 1.165) is 0 Å². The van der Waals surface area contributed by atoms with Crippen molar-refractivity contribution in [1.29, 1.82) is 0 Å². The van der Waals surface area contributed by atoms with Crippen molar-refractivity contribution < 1.29 is 9.18 Å². The van der Waals surface area contributed by atoms with Crippen LogP contribution in [0.25, 0.3) is 0 Å². The van der Waals surface area contributed by atoms with Gasteiger partial charge in [-0.05, 0) is 18.2 Å². The fourth-order valence-electron chi connectivity index (χ4n) is 2.58. The van der Waals surface area contributed by atoms with E-state index in [0.29, 0.717) is 45.0 Å². The molecule has 0 radical (unpaired) electrons. The number of amides is 1. The van der Waals surface area contributed by atoms with Crippen LogP contribution in [0.15, 0.2) is 36.8 Å². The molecule has 0 N–H and O–H groups in total. The van der Waals surface area contributed by atoms with Gasteiger partial charge >= 0.3 is 0 Å². The molecule has 6 nitrogen and oxygen atoms in total. The molecule has 1 aliphatic heterocycles. The van der Waals surface area contributed by atoms with Crippen LogP contribution in [0.5, 0.6) is 0 Å². The maximum Gasteiger partial charge on any atom is 0.224 e. The highest BCUT2D eigenvalue weighted by atomic mass is 19.1. The topological polar surface area (TPSA) is 54.3 Å². The van der Waals surface area contributed by atoms with Crippen molar-refractivity contribution in [1.82, 2.24) is 19.7 Å². The van der Waals surface area contributed by atoms with Crippen LogP contribution in [0.2, 0.25) is 0 Å². The van der Waals surface area contributed by atoms with Crippen molar-refractivity contribution in [3.05, 3.63) is 42.6 Å². The summed E-state index contributed by atoms with van der Waals surface area (Å²) < 4.78 is 15.5. The van der Waals surface area contributed by atoms with E-state index in [4.69, 9.17) is 0 Å². The minimum absolute atomic E-state index is 0.108. The highest BCUT2D eigenvalue weighted by Crippen LogP contribution is 2.17. The van der Waals surface area contributed by atoms with Crippen molar-refractivity contribution in [2.75, 3.05) is 31.1 Å². The Hall–Kier alpha value is -2.44. The number of carbonyl (C=O) groups is 1. The van der Waals surface area contributed by atoms with Gasteiger partial charge in [0.25, 0.3) is 0 Å². The van der Waals surface area contributed by atoms with E-state index in [1.54, 1.807) is 23.1 Å². The zero-order valence-electron chi connectivity index (χ0n) is 12.2. The number of pyridine rings is 1. The number of halogens is 1. The molecule has 3 rings (SSSR count). The number of carbonyl (C=O) groups excluding carboxylic acids is 1. The Morgan fingerprint density at radius 1 is 1.18 bits per heavy atom. The van der Waals surface area contributed by atoms with E-state index in [1.165, 1.54) is 6.07 Å². The molecular formula is C15H18FN5O. The van der Waals surface area contributed by atoms with E-state index in [9.17, 15) is 9.18 Å². The molecule has 116 valence electrons. The van der Waals surface area contributed by atoms with Crippen molar-refractivity contribution in [2.24, 2.45) is 0 Å². The summed E-state index contributed by atoms with van der Waals surface area (Å²) in [5.74, 6) is 0.156. The summed E-state index contributed by atoms with van der Waals surface area (Å²) in [6.45, 7) is 2.96. The van der Waals surface area contributed by atoms with Gasteiger partial charge in [-0.2, -0.15) is 5.10 Å². The Balaban J connectivity index is 1.51. The van der Waals surface area contributed by atoms with Crippen LogP contribution in [-0.4, -0.2) is 51.8 Å². The predicted octanol–water partition coefficient (Wildman–Crippen LogP) is 1.16. The molecule has 7 heteroatoms.